The van der Waals surface area contributed by atoms with E-state index in [2.05, 4.69) is 41.2 Å². The second kappa shape index (κ2) is 6.69. The van der Waals surface area contributed by atoms with Gasteiger partial charge in [0.15, 0.2) is 0 Å². The molecular weight excluding hydrogens is 246 g/mol. The Labute approximate surface area is 114 Å². The molecule has 0 aliphatic rings. The van der Waals surface area contributed by atoms with Gasteiger partial charge in [0, 0.05) is 30.7 Å². The van der Waals surface area contributed by atoms with Gasteiger partial charge in [-0.05, 0) is 31.7 Å². The molecule has 1 aromatic heterocycles. The lowest BCUT2D eigenvalue weighted by atomic mass is 10.1. The third-order valence-electron chi connectivity index (χ3n) is 2.88. The van der Waals surface area contributed by atoms with E-state index in [1.54, 1.807) is 0 Å². The van der Waals surface area contributed by atoms with Crippen molar-refractivity contribution in [3.8, 4) is 0 Å². The monoisotopic (exact) mass is 265 g/mol. The highest BCUT2D eigenvalue weighted by molar-refractivity contribution is 5.85. The molecular formula is C14H20ClN3. The van der Waals surface area contributed by atoms with Crippen molar-refractivity contribution in [1.29, 1.82) is 0 Å². The van der Waals surface area contributed by atoms with Gasteiger partial charge in [-0.2, -0.15) is 0 Å². The van der Waals surface area contributed by atoms with E-state index in [1.807, 2.05) is 13.0 Å². The van der Waals surface area contributed by atoms with Gasteiger partial charge in [-0.15, -0.1) is 12.4 Å². The molecule has 0 aliphatic carbocycles. The number of nitrogens with two attached hydrogens (primary N) is 1. The van der Waals surface area contributed by atoms with Crippen LogP contribution in [-0.2, 0) is 6.54 Å². The quantitative estimate of drug-likeness (QED) is 0.923. The standard InChI is InChI=1S/C14H19N3.ClH/c1-11-9-12(10-17(2)8-7-15)13-5-3-4-6-14(13)16-11;/h3-6,9H,7-8,10,15H2,1-2H3;1H. The first-order chi connectivity index (χ1) is 8.20. The molecule has 2 aromatic rings. The van der Waals surface area contributed by atoms with Crippen molar-refractivity contribution in [1.82, 2.24) is 9.88 Å². The normalized spacial score (nSPS) is 10.7. The van der Waals surface area contributed by atoms with Crippen LogP contribution in [-0.4, -0.2) is 30.0 Å². The predicted octanol–water partition coefficient (Wildman–Crippen LogP) is 2.36. The van der Waals surface area contributed by atoms with Crippen LogP contribution in [0.4, 0.5) is 0 Å². The molecule has 18 heavy (non-hydrogen) atoms. The fourth-order valence-electron chi connectivity index (χ4n) is 2.12. The Morgan fingerprint density at radius 2 is 2.00 bits per heavy atom. The zero-order valence-electron chi connectivity index (χ0n) is 10.9. The first kappa shape index (κ1) is 14.9. The maximum atomic E-state index is 5.57. The predicted molar refractivity (Wildman–Crippen MR) is 79.1 cm³/mol. The third kappa shape index (κ3) is 3.42. The van der Waals surface area contributed by atoms with E-state index in [9.17, 15) is 0 Å². The molecule has 2 N–H and O–H groups in total. The lowest BCUT2D eigenvalue weighted by Gasteiger charge is -2.17. The first-order valence-corrected chi connectivity index (χ1v) is 5.94. The van der Waals surface area contributed by atoms with Crippen molar-refractivity contribution >= 4 is 23.3 Å². The number of pyridine rings is 1. The van der Waals surface area contributed by atoms with Crippen LogP contribution in [0.2, 0.25) is 0 Å². The fourth-order valence-corrected chi connectivity index (χ4v) is 2.12. The Morgan fingerprint density at radius 1 is 1.28 bits per heavy atom. The van der Waals surface area contributed by atoms with Gasteiger partial charge in [0.1, 0.15) is 0 Å². The van der Waals surface area contributed by atoms with Crippen molar-refractivity contribution in [3.05, 3.63) is 41.6 Å². The molecule has 2 rings (SSSR count). The summed E-state index contributed by atoms with van der Waals surface area (Å²) in [5, 5.41) is 1.24. The van der Waals surface area contributed by atoms with E-state index < -0.39 is 0 Å². The number of aryl methyl sites for hydroxylation is 1. The lowest BCUT2D eigenvalue weighted by molar-refractivity contribution is 0.337. The van der Waals surface area contributed by atoms with E-state index in [-0.39, 0.29) is 12.4 Å². The maximum absolute atomic E-state index is 5.57. The van der Waals surface area contributed by atoms with Crippen molar-refractivity contribution in [2.24, 2.45) is 5.73 Å². The summed E-state index contributed by atoms with van der Waals surface area (Å²) in [6.45, 7) is 4.56. The zero-order chi connectivity index (χ0) is 12.3. The Bertz CT molecular complexity index is 513. The molecule has 0 radical (unpaired) electrons. The highest BCUT2D eigenvalue weighted by atomic mass is 35.5. The number of aromatic nitrogens is 1. The Hall–Kier alpha value is -1.16. The molecule has 0 atom stereocenters. The summed E-state index contributed by atoms with van der Waals surface area (Å²) in [6.07, 6.45) is 0. The van der Waals surface area contributed by atoms with Gasteiger partial charge in [-0.3, -0.25) is 4.98 Å². The van der Waals surface area contributed by atoms with Crippen LogP contribution in [0, 0.1) is 6.92 Å². The van der Waals surface area contributed by atoms with Crippen LogP contribution in [0.15, 0.2) is 30.3 Å². The molecule has 98 valence electrons. The highest BCUT2D eigenvalue weighted by Gasteiger charge is 2.05. The van der Waals surface area contributed by atoms with E-state index in [0.717, 1.165) is 24.3 Å². The van der Waals surface area contributed by atoms with E-state index >= 15 is 0 Å². The van der Waals surface area contributed by atoms with E-state index in [1.165, 1.54) is 10.9 Å². The molecule has 1 heterocycles. The van der Waals surface area contributed by atoms with Crippen LogP contribution in [0.1, 0.15) is 11.3 Å². The van der Waals surface area contributed by atoms with Crippen LogP contribution in [0.3, 0.4) is 0 Å². The molecule has 3 nitrogen and oxygen atoms in total. The van der Waals surface area contributed by atoms with Crippen LogP contribution < -0.4 is 5.73 Å². The Kier molecular flexibility index (Phi) is 5.54. The molecule has 0 saturated heterocycles. The molecule has 0 aliphatic heterocycles. The number of hydrogen-bond acceptors (Lipinski definition) is 3. The summed E-state index contributed by atoms with van der Waals surface area (Å²) < 4.78 is 0. The van der Waals surface area contributed by atoms with Crippen LogP contribution in [0.25, 0.3) is 10.9 Å². The highest BCUT2D eigenvalue weighted by Crippen LogP contribution is 2.19. The molecule has 0 fully saturated rings. The Morgan fingerprint density at radius 3 is 2.72 bits per heavy atom. The minimum absolute atomic E-state index is 0. The third-order valence-corrected chi connectivity index (χ3v) is 2.88. The lowest BCUT2D eigenvalue weighted by Crippen LogP contribution is -2.25. The molecule has 0 amide bonds. The first-order valence-electron chi connectivity index (χ1n) is 5.94. The van der Waals surface area contributed by atoms with Crippen molar-refractivity contribution < 1.29 is 0 Å². The van der Waals surface area contributed by atoms with Crippen molar-refractivity contribution in [2.45, 2.75) is 13.5 Å². The summed E-state index contributed by atoms with van der Waals surface area (Å²) in [5.74, 6) is 0. The van der Waals surface area contributed by atoms with Gasteiger partial charge in [0.2, 0.25) is 0 Å². The van der Waals surface area contributed by atoms with Gasteiger partial charge >= 0.3 is 0 Å². The number of rotatable bonds is 4. The summed E-state index contributed by atoms with van der Waals surface area (Å²) in [6, 6.07) is 10.4. The second-order valence-corrected chi connectivity index (χ2v) is 4.47. The van der Waals surface area contributed by atoms with Gasteiger partial charge in [0.05, 0.1) is 5.52 Å². The average Bonchev–Trinajstić information content (AvgIpc) is 2.29. The van der Waals surface area contributed by atoms with E-state index in [0.29, 0.717) is 6.54 Å². The molecule has 1 aromatic carbocycles. The largest absolute Gasteiger partial charge is 0.329 e. The molecule has 4 heteroatoms. The van der Waals surface area contributed by atoms with Crippen molar-refractivity contribution in [3.63, 3.8) is 0 Å². The summed E-state index contributed by atoms with van der Waals surface area (Å²) in [4.78, 5) is 6.78. The molecule has 0 bridgehead atoms. The number of fused-ring (bicyclic) bond motifs is 1. The maximum Gasteiger partial charge on any atom is 0.0708 e. The minimum Gasteiger partial charge on any atom is -0.329 e. The summed E-state index contributed by atoms with van der Waals surface area (Å²) >= 11 is 0. The zero-order valence-corrected chi connectivity index (χ0v) is 11.7. The van der Waals surface area contributed by atoms with Crippen LogP contribution >= 0.6 is 12.4 Å². The number of para-hydroxylation sites is 1. The average molecular weight is 266 g/mol. The number of hydrogen-bond donors (Lipinski definition) is 1. The summed E-state index contributed by atoms with van der Waals surface area (Å²) in [5.41, 5.74) is 9.04. The van der Waals surface area contributed by atoms with Gasteiger partial charge in [-0.25, -0.2) is 0 Å². The number of benzene rings is 1. The molecule has 0 saturated carbocycles. The van der Waals surface area contributed by atoms with Gasteiger partial charge in [-0.1, -0.05) is 18.2 Å². The fraction of sp³-hybridized carbons (Fsp3) is 0.357. The smallest absolute Gasteiger partial charge is 0.0708 e. The number of nitrogens with zero attached hydrogens (tertiary/aromatic N) is 2. The molecule has 0 unspecified atom stereocenters. The number of halogens is 1. The van der Waals surface area contributed by atoms with E-state index in [4.69, 9.17) is 5.73 Å². The van der Waals surface area contributed by atoms with Crippen molar-refractivity contribution in [2.75, 3.05) is 20.1 Å². The second-order valence-electron chi connectivity index (χ2n) is 4.47. The van der Waals surface area contributed by atoms with Gasteiger partial charge in [0.25, 0.3) is 0 Å². The minimum atomic E-state index is 0. The topological polar surface area (TPSA) is 42.1 Å². The summed E-state index contributed by atoms with van der Waals surface area (Å²) in [7, 11) is 2.09. The Balaban J connectivity index is 0.00000162. The van der Waals surface area contributed by atoms with Crippen LogP contribution in [0.5, 0.6) is 0 Å². The molecule has 0 spiro atoms. The SMILES string of the molecule is Cc1cc(CN(C)CCN)c2ccccc2n1.Cl. The van der Waals surface area contributed by atoms with Gasteiger partial charge < -0.3 is 10.6 Å². The number of likely N-dealkylation sites (N-methyl/N-ethyl adjacent to an activating group) is 1.